The van der Waals surface area contributed by atoms with Crippen LogP contribution in [0.2, 0.25) is 0 Å². The van der Waals surface area contributed by atoms with Crippen LogP contribution in [0.15, 0.2) is 30.6 Å². The lowest BCUT2D eigenvalue weighted by Gasteiger charge is -2.31. The second-order valence-corrected chi connectivity index (χ2v) is 5.85. The Morgan fingerprint density at radius 3 is 2.83 bits per heavy atom. The molecule has 0 bridgehead atoms. The average molecular weight is 360 g/mol. The average Bonchev–Trinajstić information content (AvgIpc) is 2.96. The lowest BCUT2D eigenvalue weighted by atomic mass is 9.97. The number of piperidine rings is 1. The zero-order valence-corrected chi connectivity index (χ0v) is 15.1. The van der Waals surface area contributed by atoms with E-state index in [1.165, 1.54) is 6.07 Å². The zero-order valence-electron chi connectivity index (χ0n) is 13.5. The lowest BCUT2D eigenvalue weighted by Crippen LogP contribution is -2.38. The molecule has 6 heteroatoms. The van der Waals surface area contributed by atoms with Crippen LogP contribution in [0, 0.1) is 12.7 Å². The van der Waals surface area contributed by atoms with Crippen molar-refractivity contribution >= 4 is 24.8 Å². The minimum Gasteiger partial charge on any atom is -0.328 e. The van der Waals surface area contributed by atoms with Crippen molar-refractivity contribution in [1.82, 2.24) is 14.9 Å². The van der Waals surface area contributed by atoms with Gasteiger partial charge in [0, 0.05) is 30.0 Å². The summed E-state index contributed by atoms with van der Waals surface area (Å²) in [6.45, 7) is 5.21. The van der Waals surface area contributed by atoms with Gasteiger partial charge in [-0.25, -0.2) is 9.37 Å². The first-order valence-corrected chi connectivity index (χ1v) is 7.71. The van der Waals surface area contributed by atoms with Crippen LogP contribution >= 0.6 is 24.8 Å². The van der Waals surface area contributed by atoms with E-state index in [1.54, 1.807) is 6.07 Å². The van der Waals surface area contributed by atoms with E-state index >= 15 is 0 Å². The van der Waals surface area contributed by atoms with Crippen LogP contribution in [0.1, 0.15) is 37.8 Å². The maximum atomic E-state index is 13.3. The standard InChI is InChI=1S/C17H22FN3.2ClH/c1-3-14-11-15(6-7-19-14)21-9-8-20-17(21)16-5-4-13(18)10-12(16)2;;/h4-5,8-10,14-15,19H,3,6-7,11H2,1-2H3;2*1H/t14-,15+;;/m0../s1. The molecular formula is C17H24Cl2FN3. The molecule has 2 atom stereocenters. The summed E-state index contributed by atoms with van der Waals surface area (Å²) in [5.74, 6) is 0.761. The summed E-state index contributed by atoms with van der Waals surface area (Å²) >= 11 is 0. The number of imidazole rings is 1. The third-order valence-electron chi connectivity index (χ3n) is 4.45. The van der Waals surface area contributed by atoms with Crippen molar-refractivity contribution in [3.8, 4) is 11.4 Å². The monoisotopic (exact) mass is 359 g/mol. The lowest BCUT2D eigenvalue weighted by molar-refractivity contribution is 0.297. The number of benzene rings is 1. The van der Waals surface area contributed by atoms with Crippen LogP contribution in [0.4, 0.5) is 4.39 Å². The Bertz CT molecular complexity index is 630. The molecule has 3 rings (SSSR count). The maximum Gasteiger partial charge on any atom is 0.140 e. The zero-order chi connectivity index (χ0) is 14.8. The molecule has 2 heterocycles. The van der Waals surface area contributed by atoms with Gasteiger partial charge in [-0.05, 0) is 56.5 Å². The Balaban J connectivity index is 0.00000132. The van der Waals surface area contributed by atoms with Gasteiger partial charge in [0.25, 0.3) is 0 Å². The second-order valence-electron chi connectivity index (χ2n) is 5.85. The molecule has 0 amide bonds. The largest absolute Gasteiger partial charge is 0.328 e. The van der Waals surface area contributed by atoms with Crippen LogP contribution in [0.3, 0.4) is 0 Å². The Morgan fingerprint density at radius 1 is 1.35 bits per heavy atom. The molecule has 0 saturated carbocycles. The van der Waals surface area contributed by atoms with Gasteiger partial charge in [-0.15, -0.1) is 24.8 Å². The van der Waals surface area contributed by atoms with E-state index in [-0.39, 0.29) is 30.6 Å². The fourth-order valence-corrected chi connectivity index (χ4v) is 3.24. The van der Waals surface area contributed by atoms with E-state index in [0.29, 0.717) is 12.1 Å². The Morgan fingerprint density at radius 2 is 2.13 bits per heavy atom. The summed E-state index contributed by atoms with van der Waals surface area (Å²) < 4.78 is 15.6. The van der Waals surface area contributed by atoms with E-state index in [1.807, 2.05) is 19.2 Å². The smallest absolute Gasteiger partial charge is 0.140 e. The summed E-state index contributed by atoms with van der Waals surface area (Å²) in [5.41, 5.74) is 1.96. The molecule has 1 aliphatic rings. The molecule has 0 aliphatic carbocycles. The molecule has 1 fully saturated rings. The first kappa shape index (κ1) is 19.9. The first-order valence-electron chi connectivity index (χ1n) is 7.71. The number of aryl methyl sites for hydroxylation is 1. The first-order chi connectivity index (χ1) is 10.2. The highest BCUT2D eigenvalue weighted by atomic mass is 35.5. The second kappa shape index (κ2) is 8.67. The van der Waals surface area contributed by atoms with Crippen molar-refractivity contribution in [2.75, 3.05) is 6.54 Å². The van der Waals surface area contributed by atoms with Crippen molar-refractivity contribution in [3.05, 3.63) is 42.0 Å². The molecule has 0 spiro atoms. The highest BCUT2D eigenvalue weighted by Crippen LogP contribution is 2.30. The number of hydrogen-bond donors (Lipinski definition) is 1. The minimum atomic E-state index is -0.192. The molecule has 1 aromatic carbocycles. The van der Waals surface area contributed by atoms with Crippen molar-refractivity contribution in [3.63, 3.8) is 0 Å². The highest BCUT2D eigenvalue weighted by molar-refractivity contribution is 5.85. The Labute approximate surface area is 149 Å². The number of aromatic nitrogens is 2. The topological polar surface area (TPSA) is 29.9 Å². The summed E-state index contributed by atoms with van der Waals surface area (Å²) in [6.07, 6.45) is 7.29. The van der Waals surface area contributed by atoms with E-state index in [4.69, 9.17) is 0 Å². The van der Waals surface area contributed by atoms with Crippen LogP contribution in [-0.4, -0.2) is 22.1 Å². The molecule has 0 unspecified atom stereocenters. The third kappa shape index (κ3) is 4.25. The molecule has 2 aromatic rings. The van der Waals surface area contributed by atoms with E-state index in [2.05, 4.69) is 28.0 Å². The molecule has 1 N–H and O–H groups in total. The van der Waals surface area contributed by atoms with Crippen LogP contribution in [-0.2, 0) is 0 Å². The number of nitrogens with one attached hydrogen (secondary N) is 1. The molecule has 1 aliphatic heterocycles. The van der Waals surface area contributed by atoms with Crippen molar-refractivity contribution in [2.45, 2.75) is 45.2 Å². The quantitative estimate of drug-likeness (QED) is 0.871. The Kier molecular flexibility index (Phi) is 7.52. The fourth-order valence-electron chi connectivity index (χ4n) is 3.24. The molecule has 23 heavy (non-hydrogen) atoms. The van der Waals surface area contributed by atoms with Gasteiger partial charge in [-0.3, -0.25) is 0 Å². The fraction of sp³-hybridized carbons (Fsp3) is 0.471. The summed E-state index contributed by atoms with van der Waals surface area (Å²) in [5, 5.41) is 3.56. The number of hydrogen-bond acceptors (Lipinski definition) is 2. The van der Waals surface area contributed by atoms with E-state index in [9.17, 15) is 4.39 Å². The van der Waals surface area contributed by atoms with Gasteiger partial charge < -0.3 is 9.88 Å². The predicted molar refractivity (Wildman–Crippen MR) is 97.2 cm³/mol. The van der Waals surface area contributed by atoms with E-state index < -0.39 is 0 Å². The minimum absolute atomic E-state index is 0. The van der Waals surface area contributed by atoms with Gasteiger partial charge in [0.05, 0.1) is 0 Å². The molecule has 128 valence electrons. The van der Waals surface area contributed by atoms with Crippen molar-refractivity contribution in [2.24, 2.45) is 0 Å². The normalized spacial score (nSPS) is 20.5. The predicted octanol–water partition coefficient (Wildman–Crippen LogP) is 4.54. The van der Waals surface area contributed by atoms with Gasteiger partial charge in [0.1, 0.15) is 11.6 Å². The van der Waals surface area contributed by atoms with Gasteiger partial charge in [0.15, 0.2) is 0 Å². The third-order valence-corrected chi connectivity index (χ3v) is 4.45. The molecule has 1 saturated heterocycles. The molecular weight excluding hydrogens is 336 g/mol. The molecule has 1 aromatic heterocycles. The SMILES string of the molecule is CC[C@H]1C[C@H](n2ccnc2-c2ccc(F)cc2C)CCN1.Cl.Cl. The van der Waals surface area contributed by atoms with Gasteiger partial charge in [-0.1, -0.05) is 6.92 Å². The van der Waals surface area contributed by atoms with Crippen LogP contribution in [0.25, 0.3) is 11.4 Å². The van der Waals surface area contributed by atoms with Gasteiger partial charge in [0.2, 0.25) is 0 Å². The summed E-state index contributed by atoms with van der Waals surface area (Å²) in [6, 6.07) is 5.97. The summed E-state index contributed by atoms with van der Waals surface area (Å²) in [4.78, 5) is 4.52. The highest BCUT2D eigenvalue weighted by Gasteiger charge is 2.23. The number of nitrogens with zero attached hydrogens (tertiary/aromatic N) is 2. The van der Waals surface area contributed by atoms with Crippen LogP contribution in [0.5, 0.6) is 0 Å². The Hall–Kier alpha value is -1.10. The van der Waals surface area contributed by atoms with E-state index in [0.717, 1.165) is 42.8 Å². The van der Waals surface area contributed by atoms with Crippen molar-refractivity contribution < 1.29 is 4.39 Å². The van der Waals surface area contributed by atoms with Gasteiger partial charge >= 0.3 is 0 Å². The number of rotatable bonds is 3. The maximum absolute atomic E-state index is 13.3. The summed E-state index contributed by atoms with van der Waals surface area (Å²) in [7, 11) is 0. The van der Waals surface area contributed by atoms with Crippen molar-refractivity contribution in [1.29, 1.82) is 0 Å². The molecule has 3 nitrogen and oxygen atoms in total. The van der Waals surface area contributed by atoms with Gasteiger partial charge in [-0.2, -0.15) is 0 Å². The number of halogens is 3. The molecule has 0 radical (unpaired) electrons. The van der Waals surface area contributed by atoms with Crippen LogP contribution < -0.4 is 5.32 Å².